The number of benzene rings is 1. The fourth-order valence-corrected chi connectivity index (χ4v) is 3.82. The van der Waals surface area contributed by atoms with Gasteiger partial charge in [0.05, 0.1) is 6.21 Å². The van der Waals surface area contributed by atoms with E-state index in [1.165, 1.54) is 0 Å². The van der Waals surface area contributed by atoms with E-state index in [0.717, 1.165) is 39.8 Å². The highest BCUT2D eigenvalue weighted by molar-refractivity contribution is 5.95. The van der Waals surface area contributed by atoms with Crippen molar-refractivity contribution < 1.29 is 4.79 Å². The van der Waals surface area contributed by atoms with Crippen molar-refractivity contribution in [3.63, 3.8) is 0 Å². The van der Waals surface area contributed by atoms with E-state index in [2.05, 4.69) is 50.6 Å². The predicted molar refractivity (Wildman–Crippen MR) is 123 cm³/mol. The number of hydrogen-bond acceptors (Lipinski definition) is 3. The average molecular weight is 412 g/mol. The summed E-state index contributed by atoms with van der Waals surface area (Å²) in [5.74, 6) is 0.608. The summed E-state index contributed by atoms with van der Waals surface area (Å²) in [6, 6.07) is 19.5. The molecule has 0 unspecified atom stereocenters. The van der Waals surface area contributed by atoms with Crippen molar-refractivity contribution in [3.05, 3.63) is 101 Å². The largest absolute Gasteiger partial charge is 0.319 e. The first-order valence-electron chi connectivity index (χ1n) is 10.1. The van der Waals surface area contributed by atoms with Crippen LogP contribution in [0.4, 0.5) is 0 Å². The molecule has 31 heavy (non-hydrogen) atoms. The molecule has 1 N–H and O–H groups in total. The molecule has 0 aliphatic rings. The molecule has 4 rings (SSSR count). The molecule has 0 fully saturated rings. The molecule has 1 amide bonds. The van der Waals surface area contributed by atoms with Crippen LogP contribution in [0, 0.1) is 27.7 Å². The van der Waals surface area contributed by atoms with E-state index in [9.17, 15) is 4.79 Å². The summed E-state index contributed by atoms with van der Waals surface area (Å²) in [4.78, 5) is 16.9. The summed E-state index contributed by atoms with van der Waals surface area (Å²) in [5, 5.41) is 4.16. The number of aryl methyl sites for hydroxylation is 3. The Morgan fingerprint density at radius 2 is 1.61 bits per heavy atom. The molecule has 0 spiro atoms. The quantitative estimate of drug-likeness (QED) is 0.383. The van der Waals surface area contributed by atoms with E-state index in [4.69, 9.17) is 0 Å². The summed E-state index contributed by atoms with van der Waals surface area (Å²) in [5.41, 5.74) is 9.51. The Labute approximate surface area is 181 Å². The molecule has 4 aromatic rings. The Balaban J connectivity index is 1.47. The third kappa shape index (κ3) is 4.05. The van der Waals surface area contributed by atoms with Gasteiger partial charge in [-0.1, -0.05) is 6.07 Å². The zero-order valence-corrected chi connectivity index (χ0v) is 18.1. The second-order valence-corrected chi connectivity index (χ2v) is 7.55. The number of hydrazone groups is 1. The van der Waals surface area contributed by atoms with Crippen LogP contribution in [-0.2, 0) is 0 Å². The third-order valence-electron chi connectivity index (χ3n) is 5.38. The van der Waals surface area contributed by atoms with E-state index in [0.29, 0.717) is 5.56 Å². The minimum Gasteiger partial charge on any atom is -0.319 e. The highest BCUT2D eigenvalue weighted by Gasteiger charge is 2.11. The molecule has 0 aliphatic carbocycles. The summed E-state index contributed by atoms with van der Waals surface area (Å²) in [6.45, 7) is 8.16. The molecule has 0 saturated carbocycles. The minimum absolute atomic E-state index is 0.248. The van der Waals surface area contributed by atoms with Gasteiger partial charge in [0, 0.05) is 45.8 Å². The molecule has 0 radical (unpaired) electrons. The van der Waals surface area contributed by atoms with Crippen molar-refractivity contribution in [3.8, 4) is 11.5 Å². The van der Waals surface area contributed by atoms with Crippen molar-refractivity contribution >= 4 is 12.1 Å². The maximum atomic E-state index is 12.5. The lowest BCUT2D eigenvalue weighted by atomic mass is 10.2. The number of carbonyl (C=O) groups is 1. The molecule has 0 atom stereocenters. The van der Waals surface area contributed by atoms with Crippen LogP contribution in [0.5, 0.6) is 0 Å². The number of rotatable bonds is 5. The van der Waals surface area contributed by atoms with Crippen molar-refractivity contribution in [2.24, 2.45) is 5.10 Å². The first kappa shape index (κ1) is 20.3. The number of hydrogen-bond donors (Lipinski definition) is 1. The molecular formula is C25H25N5O. The summed E-state index contributed by atoms with van der Waals surface area (Å²) in [6.07, 6.45) is 3.44. The van der Waals surface area contributed by atoms with Crippen LogP contribution in [0.1, 0.15) is 38.7 Å². The summed E-state index contributed by atoms with van der Waals surface area (Å²) < 4.78 is 4.21. The van der Waals surface area contributed by atoms with Crippen molar-refractivity contribution in [1.29, 1.82) is 0 Å². The van der Waals surface area contributed by atoms with Gasteiger partial charge in [0.15, 0.2) is 0 Å². The number of aromatic nitrogens is 3. The molecule has 0 saturated heterocycles. The topological polar surface area (TPSA) is 64.2 Å². The molecule has 3 heterocycles. The fourth-order valence-electron chi connectivity index (χ4n) is 3.82. The van der Waals surface area contributed by atoms with Gasteiger partial charge in [0.25, 0.3) is 5.91 Å². The van der Waals surface area contributed by atoms with Gasteiger partial charge >= 0.3 is 0 Å². The Bertz CT molecular complexity index is 1230. The lowest BCUT2D eigenvalue weighted by Crippen LogP contribution is -2.17. The van der Waals surface area contributed by atoms with Crippen LogP contribution in [-0.4, -0.2) is 26.2 Å². The van der Waals surface area contributed by atoms with E-state index in [1.807, 2.05) is 62.4 Å². The van der Waals surface area contributed by atoms with Gasteiger partial charge in [-0.05, 0) is 82.3 Å². The average Bonchev–Trinajstić information content (AvgIpc) is 3.26. The standard InChI is InChI=1S/C25H25N5O/c1-17-8-9-18(2)29(17)23-12-10-21(11-13-23)25(31)28-27-16-22-15-19(3)30(20(22)4)24-7-5-6-14-26-24/h5-16H,1-4H3,(H,28,31)/b27-16-. The normalized spacial score (nSPS) is 11.2. The van der Waals surface area contributed by atoms with Gasteiger partial charge in [-0.15, -0.1) is 0 Å². The molecule has 6 heteroatoms. The van der Waals surface area contributed by atoms with Crippen LogP contribution in [0.15, 0.2) is 72.0 Å². The maximum absolute atomic E-state index is 12.5. The summed E-state index contributed by atoms with van der Waals surface area (Å²) >= 11 is 0. The lowest BCUT2D eigenvalue weighted by molar-refractivity contribution is 0.0955. The van der Waals surface area contributed by atoms with Gasteiger partial charge < -0.3 is 9.13 Å². The van der Waals surface area contributed by atoms with Gasteiger partial charge in [0.1, 0.15) is 5.82 Å². The first-order chi connectivity index (χ1) is 15.0. The van der Waals surface area contributed by atoms with Crippen LogP contribution in [0.3, 0.4) is 0 Å². The first-order valence-corrected chi connectivity index (χ1v) is 10.1. The van der Waals surface area contributed by atoms with Crippen LogP contribution < -0.4 is 5.43 Å². The number of pyridine rings is 1. The lowest BCUT2D eigenvalue weighted by Gasteiger charge is -2.10. The number of carbonyl (C=O) groups excluding carboxylic acids is 1. The second-order valence-electron chi connectivity index (χ2n) is 7.55. The zero-order chi connectivity index (χ0) is 22.0. The van der Waals surface area contributed by atoms with Crippen LogP contribution in [0.2, 0.25) is 0 Å². The highest BCUT2D eigenvalue weighted by Crippen LogP contribution is 2.18. The Kier molecular flexibility index (Phi) is 5.54. The fraction of sp³-hybridized carbons (Fsp3) is 0.160. The number of amides is 1. The van der Waals surface area contributed by atoms with Crippen molar-refractivity contribution in [2.45, 2.75) is 27.7 Å². The minimum atomic E-state index is -0.248. The maximum Gasteiger partial charge on any atom is 0.271 e. The van der Waals surface area contributed by atoms with E-state index < -0.39 is 0 Å². The van der Waals surface area contributed by atoms with Crippen LogP contribution >= 0.6 is 0 Å². The smallest absolute Gasteiger partial charge is 0.271 e. The second kappa shape index (κ2) is 8.44. The van der Waals surface area contributed by atoms with Crippen molar-refractivity contribution in [1.82, 2.24) is 19.5 Å². The Morgan fingerprint density at radius 1 is 0.903 bits per heavy atom. The number of nitrogens with zero attached hydrogens (tertiary/aromatic N) is 4. The number of nitrogens with one attached hydrogen (secondary N) is 1. The SMILES string of the molecule is Cc1ccc(C)n1-c1ccc(C(=O)N/N=C\c2cc(C)n(-c3ccccn3)c2C)cc1. The van der Waals surface area contributed by atoms with Gasteiger partial charge in [-0.3, -0.25) is 4.79 Å². The van der Waals surface area contributed by atoms with Gasteiger partial charge in [-0.2, -0.15) is 5.10 Å². The third-order valence-corrected chi connectivity index (χ3v) is 5.38. The Morgan fingerprint density at radius 3 is 2.26 bits per heavy atom. The van der Waals surface area contributed by atoms with E-state index in [1.54, 1.807) is 12.4 Å². The zero-order valence-electron chi connectivity index (χ0n) is 18.1. The Hall–Kier alpha value is -3.93. The van der Waals surface area contributed by atoms with Crippen molar-refractivity contribution in [2.75, 3.05) is 0 Å². The molecular weight excluding hydrogens is 386 g/mol. The van der Waals surface area contributed by atoms with Crippen LogP contribution in [0.25, 0.3) is 11.5 Å². The van der Waals surface area contributed by atoms with Gasteiger partial charge in [0.2, 0.25) is 0 Å². The predicted octanol–water partition coefficient (Wildman–Crippen LogP) is 4.66. The molecule has 0 bridgehead atoms. The summed E-state index contributed by atoms with van der Waals surface area (Å²) in [7, 11) is 0. The van der Waals surface area contributed by atoms with Gasteiger partial charge in [-0.25, -0.2) is 10.4 Å². The molecule has 156 valence electrons. The highest BCUT2D eigenvalue weighted by atomic mass is 16.2. The molecule has 0 aliphatic heterocycles. The molecule has 1 aromatic carbocycles. The van der Waals surface area contributed by atoms with E-state index >= 15 is 0 Å². The molecule has 6 nitrogen and oxygen atoms in total. The monoisotopic (exact) mass is 411 g/mol. The molecule has 3 aromatic heterocycles. The van der Waals surface area contributed by atoms with E-state index in [-0.39, 0.29) is 5.91 Å².